The number of para-hydroxylation sites is 2. The molecule has 0 saturated heterocycles. The summed E-state index contributed by atoms with van der Waals surface area (Å²) in [6.07, 6.45) is 0. The molecule has 0 fully saturated rings. The maximum absolute atomic E-state index is 13.0. The van der Waals surface area contributed by atoms with Gasteiger partial charge in [0.05, 0.1) is 28.8 Å². The number of thiazole rings is 1. The number of anilines is 3. The first-order valence-corrected chi connectivity index (χ1v) is 11.6. The number of nitrogens with one attached hydrogen (secondary N) is 3. The molecule has 7 nitrogen and oxygen atoms in total. The number of ether oxygens (including phenoxy) is 1. The van der Waals surface area contributed by atoms with E-state index in [1.165, 1.54) is 54.5 Å². The molecule has 3 N–H and O–H groups in total. The van der Waals surface area contributed by atoms with Crippen molar-refractivity contribution in [1.82, 2.24) is 4.98 Å². The number of carbonyl (C=O) groups is 2. The highest BCUT2D eigenvalue weighted by molar-refractivity contribution is 8.01. The fourth-order valence-electron chi connectivity index (χ4n) is 2.93. The average Bonchev–Trinajstić information content (AvgIpc) is 3.22. The molecule has 3 amide bonds. The van der Waals surface area contributed by atoms with Crippen LogP contribution in [-0.2, 0) is 4.79 Å². The number of methoxy groups -OCH3 is 1. The van der Waals surface area contributed by atoms with Crippen molar-refractivity contribution >= 4 is 62.3 Å². The number of hydrogen-bond donors (Lipinski definition) is 3. The lowest BCUT2D eigenvalue weighted by molar-refractivity contribution is -0.113. The van der Waals surface area contributed by atoms with Crippen molar-refractivity contribution in [3.05, 3.63) is 72.5 Å². The predicted molar refractivity (Wildman–Crippen MR) is 131 cm³/mol. The van der Waals surface area contributed by atoms with Gasteiger partial charge in [0.15, 0.2) is 4.34 Å². The molecule has 10 heteroatoms. The van der Waals surface area contributed by atoms with E-state index >= 15 is 0 Å². The minimum atomic E-state index is -0.393. The number of halogens is 1. The Morgan fingerprint density at radius 3 is 2.55 bits per heavy atom. The molecule has 0 radical (unpaired) electrons. The summed E-state index contributed by atoms with van der Waals surface area (Å²) in [6.45, 7) is 0. The van der Waals surface area contributed by atoms with Gasteiger partial charge in [-0.3, -0.25) is 4.79 Å². The summed E-state index contributed by atoms with van der Waals surface area (Å²) in [5.74, 6) is 0.170. The van der Waals surface area contributed by atoms with Crippen LogP contribution >= 0.6 is 23.1 Å². The number of benzene rings is 3. The second kappa shape index (κ2) is 10.3. The molecule has 0 aliphatic heterocycles. The second-order valence-corrected chi connectivity index (χ2v) is 9.04. The Labute approximate surface area is 197 Å². The number of fused-ring (bicyclic) bond motifs is 1. The molecule has 3 aromatic carbocycles. The summed E-state index contributed by atoms with van der Waals surface area (Å²) >= 11 is 2.74. The number of urea groups is 1. The van der Waals surface area contributed by atoms with E-state index in [1.807, 2.05) is 18.2 Å². The molecule has 0 saturated carbocycles. The molecule has 168 valence electrons. The van der Waals surface area contributed by atoms with E-state index in [1.54, 1.807) is 24.3 Å². The van der Waals surface area contributed by atoms with Gasteiger partial charge in [0.2, 0.25) is 5.91 Å². The van der Waals surface area contributed by atoms with Crippen molar-refractivity contribution in [2.24, 2.45) is 0 Å². The van der Waals surface area contributed by atoms with Gasteiger partial charge in [-0.05, 0) is 54.6 Å². The third kappa shape index (κ3) is 5.99. The van der Waals surface area contributed by atoms with Crippen LogP contribution in [-0.4, -0.2) is 29.8 Å². The Morgan fingerprint density at radius 2 is 1.76 bits per heavy atom. The Hall–Kier alpha value is -3.63. The van der Waals surface area contributed by atoms with Crippen LogP contribution in [0.25, 0.3) is 10.2 Å². The van der Waals surface area contributed by atoms with E-state index in [2.05, 4.69) is 20.9 Å². The SMILES string of the molecule is COc1ccccc1NC(=O)Nc1ccc2nc(SCC(=O)Nc3ccc(F)cc3)sc2c1. The lowest BCUT2D eigenvalue weighted by Gasteiger charge is -2.10. The van der Waals surface area contributed by atoms with Crippen LogP contribution < -0.4 is 20.7 Å². The van der Waals surface area contributed by atoms with Crippen LogP contribution in [0.2, 0.25) is 0 Å². The van der Waals surface area contributed by atoms with Gasteiger partial charge in [-0.25, -0.2) is 14.2 Å². The van der Waals surface area contributed by atoms with E-state index in [-0.39, 0.29) is 17.5 Å². The third-order valence-electron chi connectivity index (χ3n) is 4.44. The number of rotatable bonds is 7. The number of aromatic nitrogens is 1. The number of hydrogen-bond acceptors (Lipinski definition) is 6. The van der Waals surface area contributed by atoms with Crippen LogP contribution in [0.3, 0.4) is 0 Å². The fraction of sp³-hybridized carbons (Fsp3) is 0.0870. The first-order valence-electron chi connectivity index (χ1n) is 9.80. The largest absolute Gasteiger partial charge is 0.495 e. The van der Waals surface area contributed by atoms with Crippen LogP contribution in [0.5, 0.6) is 5.75 Å². The second-order valence-electron chi connectivity index (χ2n) is 6.79. The molecule has 33 heavy (non-hydrogen) atoms. The first kappa shape index (κ1) is 22.6. The average molecular weight is 483 g/mol. The molecule has 4 aromatic rings. The number of thioether (sulfide) groups is 1. The lowest BCUT2D eigenvalue weighted by atomic mass is 10.3. The van der Waals surface area contributed by atoms with Gasteiger partial charge in [-0.2, -0.15) is 0 Å². The third-order valence-corrected chi connectivity index (χ3v) is 6.60. The van der Waals surface area contributed by atoms with Crippen molar-refractivity contribution in [2.45, 2.75) is 4.34 Å². The monoisotopic (exact) mass is 482 g/mol. The van der Waals surface area contributed by atoms with Crippen LogP contribution in [0.1, 0.15) is 0 Å². The zero-order chi connectivity index (χ0) is 23.2. The molecule has 0 unspecified atom stereocenters. The minimum absolute atomic E-state index is 0.170. The smallest absolute Gasteiger partial charge is 0.323 e. The Bertz CT molecular complexity index is 1290. The highest BCUT2D eigenvalue weighted by Crippen LogP contribution is 2.31. The van der Waals surface area contributed by atoms with Crippen molar-refractivity contribution in [1.29, 1.82) is 0 Å². The zero-order valence-corrected chi connectivity index (χ0v) is 19.1. The van der Waals surface area contributed by atoms with Gasteiger partial charge in [-0.15, -0.1) is 11.3 Å². The maximum atomic E-state index is 13.0. The molecule has 0 aliphatic carbocycles. The summed E-state index contributed by atoms with van der Waals surface area (Å²) < 4.78 is 19.8. The minimum Gasteiger partial charge on any atom is -0.495 e. The van der Waals surface area contributed by atoms with Gasteiger partial charge >= 0.3 is 6.03 Å². The van der Waals surface area contributed by atoms with Gasteiger partial charge in [0.1, 0.15) is 11.6 Å². The van der Waals surface area contributed by atoms with E-state index in [0.717, 1.165) is 14.6 Å². The van der Waals surface area contributed by atoms with E-state index < -0.39 is 6.03 Å². The highest BCUT2D eigenvalue weighted by Gasteiger charge is 2.11. The lowest BCUT2D eigenvalue weighted by Crippen LogP contribution is -2.19. The normalized spacial score (nSPS) is 10.6. The van der Waals surface area contributed by atoms with Crippen molar-refractivity contribution in [2.75, 3.05) is 28.8 Å². The predicted octanol–water partition coefficient (Wildman–Crippen LogP) is 5.82. The summed E-state index contributed by atoms with van der Waals surface area (Å²) in [6, 6.07) is 17.8. The quantitative estimate of drug-likeness (QED) is 0.289. The van der Waals surface area contributed by atoms with E-state index in [9.17, 15) is 14.0 Å². The summed E-state index contributed by atoms with van der Waals surface area (Å²) in [5.41, 5.74) is 2.49. The summed E-state index contributed by atoms with van der Waals surface area (Å²) in [4.78, 5) is 29.0. The van der Waals surface area contributed by atoms with Gasteiger partial charge in [0.25, 0.3) is 0 Å². The maximum Gasteiger partial charge on any atom is 0.323 e. The van der Waals surface area contributed by atoms with Crippen LogP contribution in [0.15, 0.2) is 71.1 Å². The Kier molecular flexibility index (Phi) is 7.06. The standard InChI is InChI=1S/C23H19FN4O3S2/c1-31-19-5-3-2-4-17(19)27-22(30)26-16-10-11-18-20(12-16)33-23(28-18)32-13-21(29)25-15-8-6-14(24)7-9-15/h2-12H,13H2,1H3,(H,25,29)(H2,26,27,30). The molecule has 4 rings (SSSR count). The summed E-state index contributed by atoms with van der Waals surface area (Å²) in [5, 5.41) is 8.28. The van der Waals surface area contributed by atoms with Crippen molar-refractivity contribution in [3.8, 4) is 5.75 Å². The Morgan fingerprint density at radius 1 is 1.00 bits per heavy atom. The van der Waals surface area contributed by atoms with E-state index in [4.69, 9.17) is 4.74 Å². The molecule has 0 bridgehead atoms. The molecule has 1 aromatic heterocycles. The number of amides is 3. The summed E-state index contributed by atoms with van der Waals surface area (Å²) in [7, 11) is 1.54. The molecular formula is C23H19FN4O3S2. The molecule has 0 atom stereocenters. The molecule has 0 aliphatic rings. The molecule has 1 heterocycles. The van der Waals surface area contributed by atoms with Gasteiger partial charge < -0.3 is 20.7 Å². The molecular weight excluding hydrogens is 463 g/mol. The molecule has 0 spiro atoms. The van der Waals surface area contributed by atoms with Crippen molar-refractivity contribution < 1.29 is 18.7 Å². The van der Waals surface area contributed by atoms with Crippen LogP contribution in [0, 0.1) is 5.82 Å². The first-order chi connectivity index (χ1) is 16.0. The fourth-order valence-corrected chi connectivity index (χ4v) is 4.84. The highest BCUT2D eigenvalue weighted by atomic mass is 32.2. The Balaban J connectivity index is 1.35. The number of nitrogens with zero attached hydrogens (tertiary/aromatic N) is 1. The van der Waals surface area contributed by atoms with Crippen molar-refractivity contribution in [3.63, 3.8) is 0 Å². The van der Waals surface area contributed by atoms with E-state index in [0.29, 0.717) is 22.8 Å². The topological polar surface area (TPSA) is 92.3 Å². The van der Waals surface area contributed by atoms with Crippen LogP contribution in [0.4, 0.5) is 26.2 Å². The van der Waals surface area contributed by atoms with Gasteiger partial charge in [0, 0.05) is 11.4 Å². The number of carbonyl (C=O) groups excluding carboxylic acids is 2. The zero-order valence-electron chi connectivity index (χ0n) is 17.4. The van der Waals surface area contributed by atoms with Gasteiger partial charge in [-0.1, -0.05) is 23.9 Å².